The van der Waals surface area contributed by atoms with Crippen LogP contribution in [0.5, 0.6) is 0 Å². The first-order chi connectivity index (χ1) is 19.2. The van der Waals surface area contributed by atoms with Crippen LogP contribution in [-0.4, -0.2) is 31.0 Å². The molecule has 9 nitrogen and oxygen atoms in total. The maximum absolute atomic E-state index is 12.9. The number of aromatic nitrogens is 2. The largest absolute Gasteiger partial charge is 0.342 e. The number of anilines is 2. The summed E-state index contributed by atoms with van der Waals surface area (Å²) in [5.41, 5.74) is 5.18. The van der Waals surface area contributed by atoms with E-state index in [0.717, 1.165) is 25.1 Å². The second-order valence-corrected chi connectivity index (χ2v) is 11.8. The summed E-state index contributed by atoms with van der Waals surface area (Å²) in [5, 5.41) is 8.38. The summed E-state index contributed by atoms with van der Waals surface area (Å²) in [6.45, 7) is 3.67. The fourth-order valence-corrected chi connectivity index (χ4v) is 6.19. The number of sulfonamides is 1. The van der Waals surface area contributed by atoms with E-state index < -0.39 is 22.1 Å². The molecular formula is C28H27Cl2N6O3S+. The van der Waals surface area contributed by atoms with Crippen molar-refractivity contribution in [2.24, 2.45) is 0 Å². The lowest BCUT2D eigenvalue weighted by Crippen LogP contribution is -2.84. The minimum atomic E-state index is -3.79. The van der Waals surface area contributed by atoms with E-state index in [9.17, 15) is 13.2 Å². The van der Waals surface area contributed by atoms with E-state index in [1.165, 1.54) is 29.8 Å². The molecule has 2 heterocycles. The van der Waals surface area contributed by atoms with Gasteiger partial charge in [-0.1, -0.05) is 41.4 Å². The zero-order chi connectivity index (χ0) is 28.3. The highest BCUT2D eigenvalue weighted by atomic mass is 35.5. The summed E-state index contributed by atoms with van der Waals surface area (Å²) >= 11 is 13.0. The van der Waals surface area contributed by atoms with Crippen LogP contribution >= 0.6 is 23.2 Å². The summed E-state index contributed by atoms with van der Waals surface area (Å²) in [6.07, 6.45) is 5.62. The van der Waals surface area contributed by atoms with E-state index in [1.54, 1.807) is 43.7 Å². The Morgan fingerprint density at radius 2 is 1.75 bits per heavy atom. The van der Waals surface area contributed by atoms with E-state index in [1.807, 2.05) is 12.1 Å². The van der Waals surface area contributed by atoms with Crippen molar-refractivity contribution in [3.63, 3.8) is 0 Å². The first-order valence-corrected chi connectivity index (χ1v) is 14.8. The van der Waals surface area contributed by atoms with Crippen LogP contribution in [0.15, 0.2) is 78.1 Å². The van der Waals surface area contributed by atoms with Crippen LogP contribution in [0.2, 0.25) is 10.0 Å². The minimum Gasteiger partial charge on any atom is -0.342 e. The number of nitrogens with zero attached hydrogens (tertiary/aromatic N) is 2. The first kappa shape index (κ1) is 27.9. The molecule has 3 aromatic carbocycles. The van der Waals surface area contributed by atoms with Gasteiger partial charge in [0.15, 0.2) is 0 Å². The lowest BCUT2D eigenvalue weighted by Gasteiger charge is -2.18. The predicted molar refractivity (Wildman–Crippen MR) is 156 cm³/mol. The van der Waals surface area contributed by atoms with Crippen LogP contribution in [-0.2, 0) is 23.0 Å². The van der Waals surface area contributed by atoms with E-state index in [2.05, 4.69) is 30.6 Å². The number of halogens is 2. The molecule has 2 amide bonds. The van der Waals surface area contributed by atoms with Crippen molar-refractivity contribution in [3.8, 4) is 11.3 Å². The van der Waals surface area contributed by atoms with E-state index in [-0.39, 0.29) is 4.90 Å². The molecule has 0 fully saturated rings. The van der Waals surface area contributed by atoms with Crippen molar-refractivity contribution in [2.75, 3.05) is 16.6 Å². The van der Waals surface area contributed by atoms with Crippen LogP contribution in [0.3, 0.4) is 0 Å². The second-order valence-electron chi connectivity index (χ2n) is 9.39. The van der Waals surface area contributed by atoms with E-state index in [4.69, 9.17) is 23.2 Å². The standard InChI is InChI=1S/C28H26Cl2N6O3S/c1-17(23-8-9-24(27(30)26(23)29)25-16-32-12-13-33-25)34-28(37)35-20-4-6-22(7-5-20)40(38,39)36-21-3-2-19-15-31-11-10-18(19)14-21/h2-9,12-14,16-17,31,36H,10-11,15H2,1H3,(H2,34,35,37)/p+1/t17-/m0/s1. The molecule has 1 atom stereocenters. The van der Waals surface area contributed by atoms with Gasteiger partial charge in [0, 0.05) is 41.3 Å². The Labute approximate surface area is 242 Å². The lowest BCUT2D eigenvalue weighted by atomic mass is 10.0. The van der Waals surface area contributed by atoms with Gasteiger partial charge in [0.1, 0.15) is 6.54 Å². The molecule has 1 aliphatic rings. The number of fused-ring (bicyclic) bond motifs is 1. The van der Waals surface area contributed by atoms with Crippen LogP contribution in [0.1, 0.15) is 29.7 Å². The number of amides is 2. The number of quaternary nitrogens is 1. The number of urea groups is 1. The number of benzene rings is 3. The molecule has 206 valence electrons. The minimum absolute atomic E-state index is 0.0856. The zero-order valence-electron chi connectivity index (χ0n) is 21.5. The Hall–Kier alpha value is -3.70. The molecule has 0 unspecified atom stereocenters. The van der Waals surface area contributed by atoms with Gasteiger partial charge in [-0.3, -0.25) is 14.7 Å². The fourth-order valence-electron chi connectivity index (χ4n) is 4.54. The SMILES string of the molecule is C[C@H](NC(=O)Nc1ccc(S(=O)(=O)Nc2ccc3c(c2)CC[NH2+]C3)cc1)c1ccc(-c2cnccn2)c(Cl)c1Cl. The Morgan fingerprint density at radius 1 is 0.975 bits per heavy atom. The third kappa shape index (κ3) is 6.20. The molecule has 5 rings (SSSR count). The highest BCUT2D eigenvalue weighted by Gasteiger charge is 2.20. The number of nitrogens with one attached hydrogen (secondary N) is 3. The summed E-state index contributed by atoms with van der Waals surface area (Å²) in [4.78, 5) is 21.1. The first-order valence-electron chi connectivity index (χ1n) is 12.6. The number of hydrogen-bond acceptors (Lipinski definition) is 5. The topological polar surface area (TPSA) is 130 Å². The average molecular weight is 599 g/mol. The monoisotopic (exact) mass is 597 g/mol. The van der Waals surface area contributed by atoms with Crippen molar-refractivity contribution >= 4 is 50.6 Å². The zero-order valence-corrected chi connectivity index (χ0v) is 23.8. The molecule has 12 heteroatoms. The summed E-state index contributed by atoms with van der Waals surface area (Å²) < 4.78 is 28.5. The Bertz CT molecular complexity index is 1650. The van der Waals surface area contributed by atoms with Gasteiger partial charge in [0.25, 0.3) is 10.0 Å². The molecule has 40 heavy (non-hydrogen) atoms. The van der Waals surface area contributed by atoms with Crippen molar-refractivity contribution in [2.45, 2.75) is 30.8 Å². The quantitative estimate of drug-likeness (QED) is 0.244. The van der Waals surface area contributed by atoms with Crippen LogP contribution in [0.25, 0.3) is 11.3 Å². The number of carbonyl (C=O) groups excluding carboxylic acids is 1. The summed E-state index contributed by atoms with van der Waals surface area (Å²) in [6, 6.07) is 14.2. The fraction of sp³-hybridized carbons (Fsp3) is 0.179. The van der Waals surface area contributed by atoms with Crippen molar-refractivity contribution in [1.29, 1.82) is 0 Å². The van der Waals surface area contributed by atoms with Crippen molar-refractivity contribution < 1.29 is 18.5 Å². The van der Waals surface area contributed by atoms with Gasteiger partial charge in [0.05, 0.1) is 39.4 Å². The highest BCUT2D eigenvalue weighted by molar-refractivity contribution is 7.92. The Balaban J connectivity index is 1.21. The maximum atomic E-state index is 12.9. The van der Waals surface area contributed by atoms with Crippen molar-refractivity contribution in [3.05, 3.63) is 99.9 Å². The molecule has 0 bridgehead atoms. The number of nitrogens with two attached hydrogens (primary N) is 1. The van der Waals surface area contributed by atoms with Gasteiger partial charge in [-0.05, 0) is 54.4 Å². The smallest absolute Gasteiger partial charge is 0.319 e. The Kier molecular flexibility index (Phi) is 8.22. The van der Waals surface area contributed by atoms with Gasteiger partial charge in [-0.2, -0.15) is 0 Å². The highest BCUT2D eigenvalue weighted by Crippen LogP contribution is 2.37. The summed E-state index contributed by atoms with van der Waals surface area (Å²) in [5.74, 6) is 0. The number of carbonyl (C=O) groups is 1. The van der Waals surface area contributed by atoms with Gasteiger partial charge >= 0.3 is 6.03 Å². The molecular weight excluding hydrogens is 571 g/mol. The average Bonchev–Trinajstić information content (AvgIpc) is 2.95. The van der Waals surface area contributed by atoms with E-state index in [0.29, 0.717) is 38.2 Å². The molecule has 0 spiro atoms. The van der Waals surface area contributed by atoms with Gasteiger partial charge in [-0.25, -0.2) is 13.2 Å². The van der Waals surface area contributed by atoms with Crippen LogP contribution < -0.4 is 20.7 Å². The Morgan fingerprint density at radius 3 is 2.50 bits per heavy atom. The molecule has 1 aliphatic heterocycles. The van der Waals surface area contributed by atoms with Crippen LogP contribution in [0, 0.1) is 0 Å². The molecule has 4 aromatic rings. The lowest BCUT2D eigenvalue weighted by molar-refractivity contribution is -0.673. The third-order valence-corrected chi connectivity index (χ3v) is 8.92. The van der Waals surface area contributed by atoms with Gasteiger partial charge < -0.3 is 16.0 Å². The molecule has 0 saturated heterocycles. The third-order valence-electron chi connectivity index (χ3n) is 6.63. The predicted octanol–water partition coefficient (Wildman–Crippen LogP) is 4.75. The number of hydrogen-bond donors (Lipinski definition) is 4. The summed E-state index contributed by atoms with van der Waals surface area (Å²) in [7, 11) is -3.79. The van der Waals surface area contributed by atoms with E-state index >= 15 is 0 Å². The normalized spacial score (nSPS) is 13.7. The molecule has 0 aliphatic carbocycles. The molecule has 1 aromatic heterocycles. The van der Waals surface area contributed by atoms with Crippen LogP contribution in [0.4, 0.5) is 16.2 Å². The molecule has 0 radical (unpaired) electrons. The van der Waals surface area contributed by atoms with Crippen molar-refractivity contribution in [1.82, 2.24) is 15.3 Å². The van der Waals surface area contributed by atoms with Gasteiger partial charge in [-0.15, -0.1) is 0 Å². The van der Waals surface area contributed by atoms with Gasteiger partial charge in [0.2, 0.25) is 0 Å². The maximum Gasteiger partial charge on any atom is 0.319 e. The number of rotatable bonds is 7. The molecule has 5 N–H and O–H groups in total. The molecule has 0 saturated carbocycles. The second kappa shape index (κ2) is 11.8.